The summed E-state index contributed by atoms with van der Waals surface area (Å²) in [5, 5.41) is 3.09. The van der Waals surface area contributed by atoms with Crippen molar-refractivity contribution in [1.82, 2.24) is 10.3 Å². The number of carbonyl (C=O) groups is 1. The number of carbonyl (C=O) groups excluding carboxylic acids is 1. The average Bonchev–Trinajstić information content (AvgIpc) is 2.35. The topological polar surface area (TPSA) is 68.0 Å². The van der Waals surface area contributed by atoms with Crippen LogP contribution in [0, 0.1) is 5.92 Å². The molecule has 5 heteroatoms. The number of amides is 1. The van der Waals surface area contributed by atoms with Gasteiger partial charge in [0.25, 0.3) is 0 Å². The van der Waals surface area contributed by atoms with E-state index in [0.717, 1.165) is 24.5 Å². The average molecular weight is 284 g/mol. The number of hydrogen-bond acceptors (Lipinski definition) is 3. The fraction of sp³-hybridized carbons (Fsp3) is 0.571. The quantitative estimate of drug-likeness (QED) is 0.894. The summed E-state index contributed by atoms with van der Waals surface area (Å²) in [6.07, 6.45) is 6.55. The summed E-state index contributed by atoms with van der Waals surface area (Å²) in [7, 11) is 0. The van der Waals surface area contributed by atoms with E-state index in [1.165, 1.54) is 12.8 Å². The molecule has 1 fully saturated rings. The minimum Gasteiger partial charge on any atom is -0.397 e. The van der Waals surface area contributed by atoms with Gasteiger partial charge in [0.2, 0.25) is 5.91 Å². The number of nitrogen functional groups attached to an aromatic ring is 1. The Morgan fingerprint density at radius 1 is 1.37 bits per heavy atom. The van der Waals surface area contributed by atoms with Gasteiger partial charge in [0.15, 0.2) is 0 Å². The van der Waals surface area contributed by atoms with Crippen LogP contribution in [0.4, 0.5) is 5.69 Å². The molecule has 0 bridgehead atoms. The van der Waals surface area contributed by atoms with Crippen LogP contribution >= 0.6 is 12.4 Å². The van der Waals surface area contributed by atoms with Crippen molar-refractivity contribution in [3.8, 4) is 0 Å². The molecule has 2 rings (SSSR count). The molecular weight excluding hydrogens is 262 g/mol. The standard InChI is InChI=1S/C14H21N3O.ClH/c1-10-2-5-12(6-3-10)17-14(18)8-13-7-4-11(15)9-16-13;/h4,7,9-10,12H,2-3,5-6,8,15H2,1H3,(H,17,18);1H. The first-order chi connectivity index (χ1) is 8.63. The van der Waals surface area contributed by atoms with Gasteiger partial charge in [-0.3, -0.25) is 9.78 Å². The molecule has 0 aromatic carbocycles. The number of pyridine rings is 1. The van der Waals surface area contributed by atoms with Crippen molar-refractivity contribution in [3.63, 3.8) is 0 Å². The Balaban J connectivity index is 0.00000180. The number of hydrogen-bond donors (Lipinski definition) is 2. The Kier molecular flexibility index (Phi) is 6.09. The van der Waals surface area contributed by atoms with E-state index in [1.54, 1.807) is 18.3 Å². The van der Waals surface area contributed by atoms with E-state index >= 15 is 0 Å². The van der Waals surface area contributed by atoms with Crippen molar-refractivity contribution in [2.24, 2.45) is 5.92 Å². The minimum atomic E-state index is 0. The monoisotopic (exact) mass is 283 g/mol. The first-order valence-electron chi connectivity index (χ1n) is 6.63. The van der Waals surface area contributed by atoms with Crippen molar-refractivity contribution in [3.05, 3.63) is 24.0 Å². The summed E-state index contributed by atoms with van der Waals surface area (Å²) in [6.45, 7) is 2.27. The Morgan fingerprint density at radius 2 is 2.05 bits per heavy atom. The van der Waals surface area contributed by atoms with Crippen LogP contribution in [0.25, 0.3) is 0 Å². The number of rotatable bonds is 3. The fourth-order valence-electron chi connectivity index (χ4n) is 2.39. The van der Waals surface area contributed by atoms with E-state index in [1.807, 2.05) is 0 Å². The molecule has 0 aliphatic heterocycles. The van der Waals surface area contributed by atoms with Crippen LogP contribution in [0.2, 0.25) is 0 Å². The van der Waals surface area contributed by atoms with E-state index in [2.05, 4.69) is 17.2 Å². The van der Waals surface area contributed by atoms with Gasteiger partial charge in [-0.2, -0.15) is 0 Å². The largest absolute Gasteiger partial charge is 0.397 e. The van der Waals surface area contributed by atoms with Gasteiger partial charge in [0.1, 0.15) is 0 Å². The molecule has 1 aromatic rings. The summed E-state index contributed by atoms with van der Waals surface area (Å²) in [4.78, 5) is 16.0. The Labute approximate surface area is 120 Å². The molecule has 1 aromatic heterocycles. The van der Waals surface area contributed by atoms with Crippen LogP contribution in [-0.2, 0) is 11.2 Å². The lowest BCUT2D eigenvalue weighted by Crippen LogP contribution is -2.38. The van der Waals surface area contributed by atoms with E-state index in [4.69, 9.17) is 5.73 Å². The lowest BCUT2D eigenvalue weighted by atomic mass is 9.87. The van der Waals surface area contributed by atoms with Crippen LogP contribution < -0.4 is 11.1 Å². The molecule has 0 spiro atoms. The first kappa shape index (κ1) is 15.8. The van der Waals surface area contributed by atoms with Gasteiger partial charge in [-0.1, -0.05) is 6.92 Å². The van der Waals surface area contributed by atoms with Gasteiger partial charge in [-0.25, -0.2) is 0 Å². The van der Waals surface area contributed by atoms with Gasteiger partial charge < -0.3 is 11.1 Å². The zero-order valence-electron chi connectivity index (χ0n) is 11.3. The molecule has 0 atom stereocenters. The summed E-state index contributed by atoms with van der Waals surface area (Å²) in [5.41, 5.74) is 6.95. The zero-order chi connectivity index (χ0) is 13.0. The number of halogens is 1. The second kappa shape index (κ2) is 7.34. The third kappa shape index (κ3) is 5.07. The normalized spacial score (nSPS) is 22.4. The molecule has 4 nitrogen and oxygen atoms in total. The fourth-order valence-corrected chi connectivity index (χ4v) is 2.39. The first-order valence-corrected chi connectivity index (χ1v) is 6.63. The number of nitrogens with one attached hydrogen (secondary N) is 1. The molecule has 1 heterocycles. The molecule has 0 saturated heterocycles. The van der Waals surface area contributed by atoms with Gasteiger partial charge >= 0.3 is 0 Å². The number of aromatic nitrogens is 1. The molecular formula is C14H22ClN3O. The smallest absolute Gasteiger partial charge is 0.226 e. The Morgan fingerprint density at radius 3 is 2.63 bits per heavy atom. The van der Waals surface area contributed by atoms with Crippen molar-refractivity contribution in [1.29, 1.82) is 0 Å². The molecule has 1 amide bonds. The Hall–Kier alpha value is -1.29. The van der Waals surface area contributed by atoms with Crippen LogP contribution in [0.1, 0.15) is 38.3 Å². The van der Waals surface area contributed by atoms with Crippen LogP contribution in [0.5, 0.6) is 0 Å². The predicted molar refractivity (Wildman–Crippen MR) is 79.2 cm³/mol. The molecule has 106 valence electrons. The van der Waals surface area contributed by atoms with Crippen molar-refractivity contribution in [2.75, 3.05) is 5.73 Å². The molecule has 0 radical (unpaired) electrons. The zero-order valence-corrected chi connectivity index (χ0v) is 12.1. The maximum Gasteiger partial charge on any atom is 0.226 e. The predicted octanol–water partition coefficient (Wildman–Crippen LogP) is 2.32. The molecule has 1 aliphatic rings. The van der Waals surface area contributed by atoms with Gasteiger partial charge in [0.05, 0.1) is 18.3 Å². The van der Waals surface area contributed by atoms with Gasteiger partial charge in [-0.15, -0.1) is 12.4 Å². The lowest BCUT2D eigenvalue weighted by Gasteiger charge is -2.26. The van der Waals surface area contributed by atoms with E-state index in [0.29, 0.717) is 18.2 Å². The van der Waals surface area contributed by atoms with Crippen LogP contribution in [-0.4, -0.2) is 16.9 Å². The number of nitrogens with two attached hydrogens (primary N) is 1. The van der Waals surface area contributed by atoms with Gasteiger partial charge in [0, 0.05) is 11.7 Å². The maximum atomic E-state index is 11.9. The summed E-state index contributed by atoms with van der Waals surface area (Å²) in [6, 6.07) is 3.93. The molecule has 1 saturated carbocycles. The summed E-state index contributed by atoms with van der Waals surface area (Å²) in [5.74, 6) is 0.865. The SMILES string of the molecule is CC1CCC(NC(=O)Cc2ccc(N)cn2)CC1.Cl. The van der Waals surface area contributed by atoms with E-state index in [9.17, 15) is 4.79 Å². The highest BCUT2D eigenvalue weighted by molar-refractivity contribution is 5.85. The van der Waals surface area contributed by atoms with E-state index in [-0.39, 0.29) is 18.3 Å². The molecule has 1 aliphatic carbocycles. The number of anilines is 1. The van der Waals surface area contributed by atoms with Crippen molar-refractivity contribution >= 4 is 24.0 Å². The maximum absolute atomic E-state index is 11.9. The summed E-state index contributed by atoms with van der Waals surface area (Å²) < 4.78 is 0. The lowest BCUT2D eigenvalue weighted by molar-refractivity contribution is -0.121. The third-order valence-electron chi connectivity index (χ3n) is 3.57. The molecule has 0 unspecified atom stereocenters. The highest BCUT2D eigenvalue weighted by Gasteiger charge is 2.19. The summed E-state index contributed by atoms with van der Waals surface area (Å²) >= 11 is 0. The second-order valence-corrected chi connectivity index (χ2v) is 5.28. The van der Waals surface area contributed by atoms with Crippen LogP contribution in [0.3, 0.4) is 0 Å². The highest BCUT2D eigenvalue weighted by atomic mass is 35.5. The third-order valence-corrected chi connectivity index (χ3v) is 3.57. The number of nitrogens with zero attached hydrogens (tertiary/aromatic N) is 1. The molecule has 19 heavy (non-hydrogen) atoms. The molecule has 3 N–H and O–H groups in total. The van der Waals surface area contributed by atoms with Crippen molar-refractivity contribution in [2.45, 2.75) is 45.1 Å². The van der Waals surface area contributed by atoms with Crippen LogP contribution in [0.15, 0.2) is 18.3 Å². The van der Waals surface area contributed by atoms with Crippen molar-refractivity contribution < 1.29 is 4.79 Å². The minimum absolute atomic E-state index is 0. The highest BCUT2D eigenvalue weighted by Crippen LogP contribution is 2.23. The van der Waals surface area contributed by atoms with E-state index < -0.39 is 0 Å². The Bertz CT molecular complexity index is 400. The second-order valence-electron chi connectivity index (χ2n) is 5.28. The van der Waals surface area contributed by atoms with Gasteiger partial charge in [-0.05, 0) is 43.7 Å².